The number of anilines is 1. The number of carbonyl (C=O) groups excluding carboxylic acids is 1. The highest BCUT2D eigenvalue weighted by atomic mass is 79.9. The van der Waals surface area contributed by atoms with E-state index < -0.39 is 0 Å². The van der Waals surface area contributed by atoms with Crippen molar-refractivity contribution in [2.75, 3.05) is 11.1 Å². The molecular weight excluding hydrogens is 364 g/mol. The highest BCUT2D eigenvalue weighted by molar-refractivity contribution is 9.10. The van der Waals surface area contributed by atoms with Crippen LogP contribution in [-0.2, 0) is 17.8 Å². The molecule has 1 aromatic heterocycles. The second kappa shape index (κ2) is 7.28. The molecule has 0 unspecified atom stereocenters. The van der Waals surface area contributed by atoms with E-state index in [4.69, 9.17) is 0 Å². The highest BCUT2D eigenvalue weighted by Crippen LogP contribution is 2.22. The molecule has 1 N–H and O–H groups in total. The van der Waals surface area contributed by atoms with Crippen molar-refractivity contribution in [3.63, 3.8) is 0 Å². The number of rotatable bonds is 4. The van der Waals surface area contributed by atoms with Gasteiger partial charge >= 0.3 is 0 Å². The van der Waals surface area contributed by atoms with Crippen molar-refractivity contribution in [3.8, 4) is 0 Å². The van der Waals surface area contributed by atoms with Crippen LogP contribution in [0.4, 0.5) is 5.69 Å². The van der Waals surface area contributed by atoms with E-state index in [-0.39, 0.29) is 5.91 Å². The van der Waals surface area contributed by atoms with E-state index in [1.165, 1.54) is 24.6 Å². The lowest BCUT2D eigenvalue weighted by Gasteiger charge is -2.07. The second-order valence-corrected chi connectivity index (χ2v) is 7.07. The van der Waals surface area contributed by atoms with Crippen molar-refractivity contribution in [1.29, 1.82) is 0 Å². The predicted molar refractivity (Wildman–Crippen MR) is 91.1 cm³/mol. The van der Waals surface area contributed by atoms with Crippen molar-refractivity contribution in [1.82, 2.24) is 14.8 Å². The average molecular weight is 381 g/mol. The van der Waals surface area contributed by atoms with Gasteiger partial charge in [0.1, 0.15) is 5.82 Å². The molecule has 5 nitrogen and oxygen atoms in total. The number of hydrogen-bond acceptors (Lipinski definition) is 4. The van der Waals surface area contributed by atoms with Gasteiger partial charge in [0.25, 0.3) is 0 Å². The molecule has 0 saturated carbocycles. The zero-order valence-electron chi connectivity index (χ0n) is 12.1. The Labute approximate surface area is 142 Å². The molecule has 3 rings (SSSR count). The van der Waals surface area contributed by atoms with Gasteiger partial charge in [-0.1, -0.05) is 40.2 Å². The number of aryl methyl sites for hydroxylation is 1. The van der Waals surface area contributed by atoms with Gasteiger partial charge in [-0.15, -0.1) is 10.2 Å². The normalized spacial score (nSPS) is 14.2. The zero-order valence-corrected chi connectivity index (χ0v) is 14.5. The van der Waals surface area contributed by atoms with Crippen molar-refractivity contribution in [2.24, 2.45) is 0 Å². The van der Waals surface area contributed by atoms with Crippen LogP contribution in [0.2, 0.25) is 0 Å². The van der Waals surface area contributed by atoms with Gasteiger partial charge in [0.05, 0.1) is 5.75 Å². The smallest absolute Gasteiger partial charge is 0.234 e. The minimum atomic E-state index is -0.0333. The number of halogens is 1. The van der Waals surface area contributed by atoms with E-state index in [0.717, 1.165) is 40.5 Å². The minimum absolute atomic E-state index is 0.0333. The molecule has 0 saturated heterocycles. The van der Waals surface area contributed by atoms with Crippen LogP contribution < -0.4 is 5.32 Å². The van der Waals surface area contributed by atoms with Crippen LogP contribution >= 0.6 is 27.7 Å². The molecule has 1 aliphatic heterocycles. The lowest BCUT2D eigenvalue weighted by atomic mass is 10.2. The van der Waals surface area contributed by atoms with Crippen LogP contribution in [0, 0.1) is 0 Å². The van der Waals surface area contributed by atoms with Crippen molar-refractivity contribution in [3.05, 3.63) is 34.6 Å². The monoisotopic (exact) mass is 380 g/mol. The van der Waals surface area contributed by atoms with Gasteiger partial charge in [0.15, 0.2) is 5.16 Å². The van der Waals surface area contributed by atoms with Gasteiger partial charge in [0.2, 0.25) is 5.91 Å². The van der Waals surface area contributed by atoms with Gasteiger partial charge in [-0.05, 0) is 31.0 Å². The summed E-state index contributed by atoms with van der Waals surface area (Å²) in [6.45, 7) is 0.956. The summed E-state index contributed by atoms with van der Waals surface area (Å²) in [5.41, 5.74) is 0.792. The van der Waals surface area contributed by atoms with Gasteiger partial charge in [-0.3, -0.25) is 4.79 Å². The largest absolute Gasteiger partial charge is 0.325 e. The number of carbonyl (C=O) groups is 1. The summed E-state index contributed by atoms with van der Waals surface area (Å²) >= 11 is 4.84. The minimum Gasteiger partial charge on any atom is -0.325 e. The first kappa shape index (κ1) is 15.6. The summed E-state index contributed by atoms with van der Waals surface area (Å²) in [7, 11) is 0. The number of nitrogens with one attached hydrogen (secondary N) is 1. The average Bonchev–Trinajstić information content (AvgIpc) is 2.72. The van der Waals surface area contributed by atoms with E-state index in [0.29, 0.717) is 5.75 Å². The Morgan fingerprint density at radius 1 is 1.32 bits per heavy atom. The van der Waals surface area contributed by atoms with Crippen molar-refractivity contribution in [2.45, 2.75) is 37.4 Å². The molecule has 116 valence electrons. The standard InChI is InChI=1S/C15H17BrN4OS/c16-11-5-4-6-12(9-11)17-14(21)10-22-15-19-18-13-7-2-1-3-8-20(13)15/h4-6,9H,1-3,7-8,10H2,(H,17,21). The molecule has 0 atom stereocenters. The van der Waals surface area contributed by atoms with Crippen LogP contribution in [0.5, 0.6) is 0 Å². The van der Waals surface area contributed by atoms with Crippen molar-refractivity contribution < 1.29 is 4.79 Å². The number of nitrogens with zero attached hydrogens (tertiary/aromatic N) is 3. The Balaban J connectivity index is 1.58. The third-order valence-electron chi connectivity index (χ3n) is 3.52. The van der Waals surface area contributed by atoms with Gasteiger partial charge in [-0.25, -0.2) is 0 Å². The molecule has 0 aliphatic carbocycles. The fourth-order valence-corrected chi connectivity index (χ4v) is 3.64. The molecule has 0 spiro atoms. The highest BCUT2D eigenvalue weighted by Gasteiger charge is 2.16. The molecule has 1 aromatic carbocycles. The van der Waals surface area contributed by atoms with Gasteiger partial charge in [0, 0.05) is 23.1 Å². The summed E-state index contributed by atoms with van der Waals surface area (Å²) in [5.74, 6) is 1.35. The lowest BCUT2D eigenvalue weighted by Crippen LogP contribution is -2.14. The van der Waals surface area contributed by atoms with Crippen LogP contribution in [0.15, 0.2) is 33.9 Å². The van der Waals surface area contributed by atoms with Gasteiger partial charge in [-0.2, -0.15) is 0 Å². The van der Waals surface area contributed by atoms with Crippen LogP contribution in [0.3, 0.4) is 0 Å². The van der Waals surface area contributed by atoms with E-state index >= 15 is 0 Å². The number of amides is 1. The Bertz CT molecular complexity index is 673. The maximum atomic E-state index is 12.1. The number of thioether (sulfide) groups is 1. The van der Waals surface area contributed by atoms with Crippen LogP contribution in [0.1, 0.15) is 25.1 Å². The molecule has 2 aromatic rings. The molecular formula is C15H17BrN4OS. The molecule has 22 heavy (non-hydrogen) atoms. The maximum absolute atomic E-state index is 12.1. The van der Waals surface area contributed by atoms with E-state index in [2.05, 4.69) is 36.0 Å². The first-order valence-corrected chi connectivity index (χ1v) is 9.10. The molecule has 0 fully saturated rings. The predicted octanol–water partition coefficient (Wildman–Crippen LogP) is 3.50. The first-order chi connectivity index (χ1) is 10.7. The zero-order chi connectivity index (χ0) is 15.4. The van der Waals surface area contributed by atoms with Crippen molar-refractivity contribution >= 4 is 39.3 Å². The van der Waals surface area contributed by atoms with E-state index in [9.17, 15) is 4.79 Å². The molecule has 2 heterocycles. The maximum Gasteiger partial charge on any atom is 0.234 e. The summed E-state index contributed by atoms with van der Waals surface area (Å²) < 4.78 is 3.10. The number of benzene rings is 1. The summed E-state index contributed by atoms with van der Waals surface area (Å²) in [5, 5.41) is 12.2. The lowest BCUT2D eigenvalue weighted by molar-refractivity contribution is -0.113. The molecule has 1 aliphatic rings. The molecule has 7 heteroatoms. The summed E-state index contributed by atoms with van der Waals surface area (Å²) in [4.78, 5) is 12.1. The van der Waals surface area contributed by atoms with Gasteiger partial charge < -0.3 is 9.88 Å². The molecule has 0 bridgehead atoms. The van der Waals surface area contributed by atoms with Crippen LogP contribution in [0.25, 0.3) is 0 Å². The number of fused-ring (bicyclic) bond motifs is 1. The Hall–Kier alpha value is -1.34. The molecule has 0 radical (unpaired) electrons. The molecule has 1 amide bonds. The number of aromatic nitrogens is 3. The van der Waals surface area contributed by atoms with E-state index in [1.807, 2.05) is 24.3 Å². The second-order valence-electron chi connectivity index (χ2n) is 5.21. The Morgan fingerprint density at radius 2 is 2.23 bits per heavy atom. The summed E-state index contributed by atoms with van der Waals surface area (Å²) in [6, 6.07) is 7.57. The number of hydrogen-bond donors (Lipinski definition) is 1. The Kier molecular flexibility index (Phi) is 5.15. The fourth-order valence-electron chi connectivity index (χ4n) is 2.46. The first-order valence-electron chi connectivity index (χ1n) is 7.33. The third kappa shape index (κ3) is 3.89. The summed E-state index contributed by atoms with van der Waals surface area (Å²) in [6.07, 6.45) is 4.55. The topological polar surface area (TPSA) is 59.8 Å². The quantitative estimate of drug-likeness (QED) is 0.824. The van der Waals surface area contributed by atoms with E-state index in [1.54, 1.807) is 0 Å². The van der Waals surface area contributed by atoms with Crippen LogP contribution in [-0.4, -0.2) is 26.4 Å². The SMILES string of the molecule is O=C(CSc1nnc2n1CCCCC2)Nc1cccc(Br)c1. The third-order valence-corrected chi connectivity index (χ3v) is 4.98. The Morgan fingerprint density at radius 3 is 3.09 bits per heavy atom. The fraction of sp³-hybridized carbons (Fsp3) is 0.400.